The summed E-state index contributed by atoms with van der Waals surface area (Å²) >= 11 is 0. The monoisotopic (exact) mass is 250 g/mol. The number of pyridine rings is 1. The van der Waals surface area contributed by atoms with Crippen molar-refractivity contribution in [2.75, 3.05) is 26.8 Å². The number of rotatable bonds is 5. The van der Waals surface area contributed by atoms with Crippen molar-refractivity contribution in [3.05, 3.63) is 23.9 Å². The molecular formula is C14H22N2O2. The molecule has 0 bridgehead atoms. The van der Waals surface area contributed by atoms with Gasteiger partial charge >= 0.3 is 0 Å². The number of aliphatic hydroxyl groups excluding tert-OH is 1. The molecule has 100 valence electrons. The van der Waals surface area contributed by atoms with Gasteiger partial charge < -0.3 is 15.2 Å². The maximum Gasteiger partial charge on any atom is 0.212 e. The molecule has 0 aromatic carbocycles. The maximum atomic E-state index is 9.08. The van der Waals surface area contributed by atoms with Gasteiger partial charge in [0, 0.05) is 30.8 Å². The quantitative estimate of drug-likeness (QED) is 0.831. The molecule has 0 spiro atoms. The van der Waals surface area contributed by atoms with Crippen LogP contribution in [0.5, 0.6) is 5.88 Å². The Bertz CT molecular complexity index is 359. The maximum absolute atomic E-state index is 9.08. The number of piperidine rings is 1. The second-order valence-corrected chi connectivity index (χ2v) is 4.98. The Labute approximate surface area is 108 Å². The van der Waals surface area contributed by atoms with E-state index in [1.54, 1.807) is 7.11 Å². The van der Waals surface area contributed by atoms with Crippen LogP contribution in [0.4, 0.5) is 0 Å². The van der Waals surface area contributed by atoms with E-state index in [4.69, 9.17) is 9.84 Å². The third-order valence-corrected chi connectivity index (χ3v) is 3.84. The highest BCUT2D eigenvalue weighted by Gasteiger charge is 2.33. The van der Waals surface area contributed by atoms with Gasteiger partial charge in [-0.15, -0.1) is 0 Å². The Morgan fingerprint density at radius 1 is 1.50 bits per heavy atom. The molecule has 1 saturated heterocycles. The lowest BCUT2D eigenvalue weighted by Gasteiger charge is -2.38. The molecule has 0 amide bonds. The standard InChI is InChI=1S/C14H22N2O2/c1-18-13-5-4-12(10-16-13)14(7-3-9-17)6-2-8-15-11-14/h4-5,10,15,17H,2-3,6-9,11H2,1H3/t14-/m1/s1. The summed E-state index contributed by atoms with van der Waals surface area (Å²) in [5.74, 6) is 0.653. The molecule has 2 rings (SSSR count). The molecule has 1 atom stereocenters. The molecule has 1 aromatic rings. The third-order valence-electron chi connectivity index (χ3n) is 3.84. The molecule has 4 nitrogen and oxygen atoms in total. The van der Waals surface area contributed by atoms with Gasteiger partial charge in [-0.3, -0.25) is 0 Å². The minimum Gasteiger partial charge on any atom is -0.481 e. The average molecular weight is 250 g/mol. The Kier molecular flexibility index (Phi) is 4.55. The smallest absolute Gasteiger partial charge is 0.212 e. The summed E-state index contributed by atoms with van der Waals surface area (Å²) in [4.78, 5) is 4.31. The topological polar surface area (TPSA) is 54.4 Å². The lowest BCUT2D eigenvalue weighted by molar-refractivity contribution is 0.234. The molecule has 4 heteroatoms. The fraction of sp³-hybridized carbons (Fsp3) is 0.643. The fourth-order valence-electron chi connectivity index (χ4n) is 2.80. The van der Waals surface area contributed by atoms with E-state index < -0.39 is 0 Å². The largest absolute Gasteiger partial charge is 0.481 e. The second-order valence-electron chi connectivity index (χ2n) is 4.98. The second kappa shape index (κ2) is 6.16. The van der Waals surface area contributed by atoms with E-state index in [0.717, 1.165) is 32.4 Å². The van der Waals surface area contributed by atoms with Crippen LogP contribution in [0.2, 0.25) is 0 Å². The van der Waals surface area contributed by atoms with Crippen molar-refractivity contribution in [2.45, 2.75) is 31.1 Å². The highest BCUT2D eigenvalue weighted by atomic mass is 16.5. The SMILES string of the molecule is COc1ccc([C@@]2(CCCO)CCCNC2)cn1. The van der Waals surface area contributed by atoms with Crippen molar-refractivity contribution in [3.63, 3.8) is 0 Å². The number of aliphatic hydroxyl groups is 1. The predicted molar refractivity (Wildman–Crippen MR) is 70.9 cm³/mol. The molecule has 1 aliphatic rings. The minimum absolute atomic E-state index is 0.125. The lowest BCUT2D eigenvalue weighted by Crippen LogP contribution is -2.43. The van der Waals surface area contributed by atoms with Crippen LogP contribution in [0.3, 0.4) is 0 Å². The van der Waals surface area contributed by atoms with Gasteiger partial charge in [0.1, 0.15) is 0 Å². The first kappa shape index (κ1) is 13.3. The van der Waals surface area contributed by atoms with E-state index in [2.05, 4.69) is 16.4 Å². The summed E-state index contributed by atoms with van der Waals surface area (Å²) in [7, 11) is 1.63. The van der Waals surface area contributed by atoms with Gasteiger partial charge in [-0.05, 0) is 37.8 Å². The highest BCUT2D eigenvalue weighted by Crippen LogP contribution is 2.35. The molecule has 0 radical (unpaired) electrons. The number of methoxy groups -OCH3 is 1. The Hall–Kier alpha value is -1.13. The summed E-state index contributed by atoms with van der Waals surface area (Å²) in [6, 6.07) is 4.03. The molecule has 0 unspecified atom stereocenters. The summed E-state index contributed by atoms with van der Waals surface area (Å²) in [5.41, 5.74) is 1.38. The van der Waals surface area contributed by atoms with Crippen molar-refractivity contribution < 1.29 is 9.84 Å². The molecule has 0 aliphatic carbocycles. The van der Waals surface area contributed by atoms with Gasteiger partial charge in [0.2, 0.25) is 5.88 Å². The van der Waals surface area contributed by atoms with Crippen LogP contribution in [-0.2, 0) is 5.41 Å². The van der Waals surface area contributed by atoms with Crippen molar-refractivity contribution >= 4 is 0 Å². The average Bonchev–Trinajstić information content (AvgIpc) is 2.46. The van der Waals surface area contributed by atoms with E-state index in [1.807, 2.05) is 12.3 Å². The molecule has 2 N–H and O–H groups in total. The first-order valence-corrected chi connectivity index (χ1v) is 6.63. The van der Waals surface area contributed by atoms with Gasteiger partial charge in [-0.1, -0.05) is 6.07 Å². The van der Waals surface area contributed by atoms with Crippen molar-refractivity contribution in [1.82, 2.24) is 10.3 Å². The van der Waals surface area contributed by atoms with Crippen molar-refractivity contribution in [1.29, 1.82) is 0 Å². The van der Waals surface area contributed by atoms with Crippen LogP contribution >= 0.6 is 0 Å². The number of ether oxygens (including phenoxy) is 1. The summed E-state index contributed by atoms with van der Waals surface area (Å²) < 4.78 is 5.10. The molecule has 2 heterocycles. The van der Waals surface area contributed by atoms with Crippen LogP contribution in [0.15, 0.2) is 18.3 Å². The van der Waals surface area contributed by atoms with Crippen LogP contribution in [0.25, 0.3) is 0 Å². The fourth-order valence-corrected chi connectivity index (χ4v) is 2.80. The predicted octanol–water partition coefficient (Wildman–Crippen LogP) is 1.48. The van der Waals surface area contributed by atoms with Crippen LogP contribution < -0.4 is 10.1 Å². The first-order valence-electron chi connectivity index (χ1n) is 6.63. The zero-order valence-electron chi connectivity index (χ0n) is 11.0. The molecule has 1 aromatic heterocycles. The summed E-state index contributed by atoms with van der Waals surface area (Å²) in [5, 5.41) is 12.6. The Morgan fingerprint density at radius 2 is 2.39 bits per heavy atom. The Morgan fingerprint density at radius 3 is 2.94 bits per heavy atom. The van der Waals surface area contributed by atoms with Crippen LogP contribution in [-0.4, -0.2) is 36.9 Å². The number of aromatic nitrogens is 1. The number of nitrogens with zero attached hydrogens (tertiary/aromatic N) is 1. The minimum atomic E-state index is 0.125. The molecule has 0 saturated carbocycles. The van der Waals surface area contributed by atoms with Gasteiger partial charge in [0.25, 0.3) is 0 Å². The molecule has 1 fully saturated rings. The van der Waals surface area contributed by atoms with Crippen LogP contribution in [0, 0.1) is 0 Å². The van der Waals surface area contributed by atoms with E-state index in [9.17, 15) is 0 Å². The van der Waals surface area contributed by atoms with E-state index >= 15 is 0 Å². The van der Waals surface area contributed by atoms with E-state index in [0.29, 0.717) is 5.88 Å². The zero-order valence-corrected chi connectivity index (χ0v) is 11.0. The van der Waals surface area contributed by atoms with Gasteiger partial charge in [-0.25, -0.2) is 4.98 Å². The highest BCUT2D eigenvalue weighted by molar-refractivity contribution is 5.27. The first-order chi connectivity index (χ1) is 8.80. The van der Waals surface area contributed by atoms with Crippen molar-refractivity contribution in [2.24, 2.45) is 0 Å². The van der Waals surface area contributed by atoms with Crippen LogP contribution in [0.1, 0.15) is 31.2 Å². The number of nitrogens with one attached hydrogen (secondary N) is 1. The molecule has 18 heavy (non-hydrogen) atoms. The van der Waals surface area contributed by atoms with Gasteiger partial charge in [0.05, 0.1) is 7.11 Å². The zero-order chi connectivity index (χ0) is 12.8. The van der Waals surface area contributed by atoms with E-state index in [-0.39, 0.29) is 12.0 Å². The molecular weight excluding hydrogens is 228 g/mol. The summed E-state index contributed by atoms with van der Waals surface area (Å²) in [6.07, 6.45) is 6.10. The Balaban J connectivity index is 2.20. The third kappa shape index (κ3) is 2.82. The number of hydrogen-bond donors (Lipinski definition) is 2. The normalized spacial score (nSPS) is 23.9. The van der Waals surface area contributed by atoms with Crippen molar-refractivity contribution in [3.8, 4) is 5.88 Å². The van der Waals surface area contributed by atoms with Gasteiger partial charge in [0.15, 0.2) is 0 Å². The van der Waals surface area contributed by atoms with E-state index in [1.165, 1.54) is 12.0 Å². The summed E-state index contributed by atoms with van der Waals surface area (Å²) in [6.45, 7) is 2.32. The molecule has 1 aliphatic heterocycles. The number of hydrogen-bond acceptors (Lipinski definition) is 4. The lowest BCUT2D eigenvalue weighted by atomic mass is 9.72. The van der Waals surface area contributed by atoms with Gasteiger partial charge in [-0.2, -0.15) is 0 Å².